The molecule has 2 aliphatic rings. The van der Waals surface area contributed by atoms with Crippen LogP contribution in [-0.2, 0) is 9.53 Å². The lowest BCUT2D eigenvalue weighted by atomic mass is 9.91. The summed E-state index contributed by atoms with van der Waals surface area (Å²) in [7, 11) is 0. The third kappa shape index (κ3) is 4.94. The van der Waals surface area contributed by atoms with E-state index < -0.39 is 0 Å². The summed E-state index contributed by atoms with van der Waals surface area (Å²) in [6.07, 6.45) is 4.24. The first-order valence-electron chi connectivity index (χ1n) is 8.43. The Labute approximate surface area is 128 Å². The van der Waals surface area contributed by atoms with E-state index in [0.717, 1.165) is 39.1 Å². The molecular weight excluding hydrogens is 266 g/mol. The van der Waals surface area contributed by atoms with Crippen molar-refractivity contribution < 1.29 is 9.53 Å². The van der Waals surface area contributed by atoms with Gasteiger partial charge in [0.15, 0.2) is 0 Å². The number of ether oxygens (including phenoxy) is 1. The molecule has 2 saturated heterocycles. The average Bonchev–Trinajstić information content (AvgIpc) is 2.53. The molecule has 2 aliphatic heterocycles. The molecule has 0 aliphatic carbocycles. The summed E-state index contributed by atoms with van der Waals surface area (Å²) in [5, 5.41) is 3.08. The standard InChI is InChI=1S/C16H31N3O2/c1-12(2)19-7-3-4-13(11-19)10-18-16(20)15(17)14-5-8-21-9-6-14/h12-15H,3-11,17H2,1-2H3,(H,18,20). The van der Waals surface area contributed by atoms with Gasteiger partial charge in [-0.3, -0.25) is 4.79 Å². The molecule has 5 heteroatoms. The maximum absolute atomic E-state index is 12.2. The van der Waals surface area contributed by atoms with Crippen molar-refractivity contribution in [2.24, 2.45) is 17.6 Å². The molecule has 2 rings (SSSR count). The van der Waals surface area contributed by atoms with E-state index in [1.807, 2.05) is 0 Å². The molecule has 3 N–H and O–H groups in total. The number of nitrogens with one attached hydrogen (secondary N) is 1. The fourth-order valence-corrected chi connectivity index (χ4v) is 3.38. The quantitative estimate of drug-likeness (QED) is 0.794. The van der Waals surface area contributed by atoms with E-state index in [1.54, 1.807) is 0 Å². The van der Waals surface area contributed by atoms with Gasteiger partial charge in [-0.15, -0.1) is 0 Å². The van der Waals surface area contributed by atoms with Crippen LogP contribution >= 0.6 is 0 Å². The topological polar surface area (TPSA) is 67.6 Å². The molecule has 0 aromatic rings. The highest BCUT2D eigenvalue weighted by molar-refractivity contribution is 5.81. The summed E-state index contributed by atoms with van der Waals surface area (Å²) in [6.45, 7) is 8.98. The third-order valence-corrected chi connectivity index (χ3v) is 4.92. The number of hydrogen-bond donors (Lipinski definition) is 2. The Hall–Kier alpha value is -0.650. The summed E-state index contributed by atoms with van der Waals surface area (Å²) >= 11 is 0. The minimum atomic E-state index is -0.376. The highest BCUT2D eigenvalue weighted by atomic mass is 16.5. The number of hydrogen-bond acceptors (Lipinski definition) is 4. The number of likely N-dealkylation sites (tertiary alicyclic amines) is 1. The van der Waals surface area contributed by atoms with Crippen LogP contribution in [0.5, 0.6) is 0 Å². The van der Waals surface area contributed by atoms with Crippen LogP contribution in [-0.4, -0.2) is 55.7 Å². The fraction of sp³-hybridized carbons (Fsp3) is 0.938. The molecule has 2 unspecified atom stereocenters. The van der Waals surface area contributed by atoms with Gasteiger partial charge >= 0.3 is 0 Å². The zero-order valence-corrected chi connectivity index (χ0v) is 13.5. The lowest BCUT2D eigenvalue weighted by molar-refractivity contribution is -0.124. The molecule has 0 saturated carbocycles. The predicted octanol–water partition coefficient (Wildman–Crippen LogP) is 0.977. The summed E-state index contributed by atoms with van der Waals surface area (Å²) < 4.78 is 5.33. The number of carbonyl (C=O) groups excluding carboxylic acids is 1. The number of piperidine rings is 1. The monoisotopic (exact) mass is 297 g/mol. The zero-order valence-electron chi connectivity index (χ0n) is 13.5. The van der Waals surface area contributed by atoms with E-state index in [-0.39, 0.29) is 17.9 Å². The average molecular weight is 297 g/mol. The zero-order chi connectivity index (χ0) is 15.2. The summed E-state index contributed by atoms with van der Waals surface area (Å²) in [4.78, 5) is 14.7. The van der Waals surface area contributed by atoms with Crippen LogP contribution in [0.3, 0.4) is 0 Å². The van der Waals surface area contributed by atoms with Gasteiger partial charge in [0.2, 0.25) is 5.91 Å². The minimum absolute atomic E-state index is 0.0172. The predicted molar refractivity (Wildman–Crippen MR) is 84.0 cm³/mol. The van der Waals surface area contributed by atoms with Gasteiger partial charge in [-0.05, 0) is 57.9 Å². The minimum Gasteiger partial charge on any atom is -0.381 e. The van der Waals surface area contributed by atoms with Crippen molar-refractivity contribution in [3.63, 3.8) is 0 Å². The Morgan fingerprint density at radius 2 is 2.05 bits per heavy atom. The molecule has 5 nitrogen and oxygen atoms in total. The van der Waals surface area contributed by atoms with Crippen LogP contribution < -0.4 is 11.1 Å². The van der Waals surface area contributed by atoms with Crippen LogP contribution in [0.1, 0.15) is 39.5 Å². The smallest absolute Gasteiger partial charge is 0.237 e. The van der Waals surface area contributed by atoms with Gasteiger partial charge in [0.05, 0.1) is 6.04 Å². The van der Waals surface area contributed by atoms with Gasteiger partial charge in [0.1, 0.15) is 0 Å². The van der Waals surface area contributed by atoms with E-state index in [9.17, 15) is 4.79 Å². The van der Waals surface area contributed by atoms with Crippen molar-refractivity contribution in [1.29, 1.82) is 0 Å². The first-order valence-corrected chi connectivity index (χ1v) is 8.43. The van der Waals surface area contributed by atoms with Crippen molar-refractivity contribution in [3.05, 3.63) is 0 Å². The molecule has 122 valence electrons. The van der Waals surface area contributed by atoms with Crippen LogP contribution in [0.15, 0.2) is 0 Å². The van der Waals surface area contributed by atoms with E-state index >= 15 is 0 Å². The molecule has 0 bridgehead atoms. The Balaban J connectivity index is 1.72. The SMILES string of the molecule is CC(C)N1CCCC(CNC(=O)C(N)C2CCOCC2)C1. The molecule has 2 heterocycles. The molecule has 2 atom stereocenters. The highest BCUT2D eigenvalue weighted by Gasteiger charge is 2.27. The second kappa shape index (κ2) is 8.11. The number of nitrogens with zero attached hydrogens (tertiary/aromatic N) is 1. The van der Waals surface area contributed by atoms with Gasteiger partial charge in [-0.2, -0.15) is 0 Å². The Morgan fingerprint density at radius 1 is 1.33 bits per heavy atom. The summed E-state index contributed by atoms with van der Waals surface area (Å²) in [5.41, 5.74) is 6.11. The second-order valence-corrected chi connectivity index (χ2v) is 6.82. The largest absolute Gasteiger partial charge is 0.381 e. The maximum atomic E-state index is 12.2. The van der Waals surface area contributed by atoms with Crippen LogP contribution in [0.25, 0.3) is 0 Å². The summed E-state index contributed by atoms with van der Waals surface area (Å²) in [6, 6.07) is 0.215. The normalized spacial score (nSPS) is 26.8. The molecule has 21 heavy (non-hydrogen) atoms. The van der Waals surface area contributed by atoms with Crippen molar-refractivity contribution in [1.82, 2.24) is 10.2 Å². The fourth-order valence-electron chi connectivity index (χ4n) is 3.38. The Kier molecular flexibility index (Phi) is 6.45. The van der Waals surface area contributed by atoms with E-state index in [2.05, 4.69) is 24.1 Å². The van der Waals surface area contributed by atoms with Crippen molar-refractivity contribution in [3.8, 4) is 0 Å². The van der Waals surface area contributed by atoms with E-state index in [1.165, 1.54) is 19.4 Å². The first kappa shape index (κ1) is 16.7. The van der Waals surface area contributed by atoms with Crippen LogP contribution in [0.2, 0.25) is 0 Å². The molecule has 2 fully saturated rings. The first-order chi connectivity index (χ1) is 10.1. The lowest BCUT2D eigenvalue weighted by Crippen LogP contribution is -2.50. The van der Waals surface area contributed by atoms with Gasteiger partial charge < -0.3 is 20.7 Å². The van der Waals surface area contributed by atoms with Crippen molar-refractivity contribution in [2.75, 3.05) is 32.8 Å². The molecule has 0 aromatic carbocycles. The molecule has 1 amide bonds. The molecule has 0 spiro atoms. The maximum Gasteiger partial charge on any atom is 0.237 e. The number of rotatable bonds is 5. The van der Waals surface area contributed by atoms with Crippen LogP contribution in [0.4, 0.5) is 0 Å². The number of amides is 1. The number of carbonyl (C=O) groups is 1. The number of nitrogens with two attached hydrogens (primary N) is 1. The second-order valence-electron chi connectivity index (χ2n) is 6.82. The van der Waals surface area contributed by atoms with Crippen molar-refractivity contribution in [2.45, 2.75) is 51.6 Å². The summed E-state index contributed by atoms with van der Waals surface area (Å²) in [5.74, 6) is 0.854. The van der Waals surface area contributed by atoms with Crippen LogP contribution in [0, 0.1) is 11.8 Å². The molecule has 0 aromatic heterocycles. The van der Waals surface area contributed by atoms with E-state index in [4.69, 9.17) is 10.5 Å². The Morgan fingerprint density at radius 3 is 2.71 bits per heavy atom. The lowest BCUT2D eigenvalue weighted by Gasteiger charge is -2.35. The van der Waals surface area contributed by atoms with Crippen molar-refractivity contribution >= 4 is 5.91 Å². The third-order valence-electron chi connectivity index (χ3n) is 4.92. The van der Waals surface area contributed by atoms with Gasteiger partial charge in [0, 0.05) is 32.3 Å². The van der Waals surface area contributed by atoms with Gasteiger partial charge in [-0.1, -0.05) is 0 Å². The van der Waals surface area contributed by atoms with E-state index in [0.29, 0.717) is 12.0 Å². The van der Waals surface area contributed by atoms with Gasteiger partial charge in [0.25, 0.3) is 0 Å². The highest BCUT2D eigenvalue weighted by Crippen LogP contribution is 2.19. The molecule has 0 radical (unpaired) electrons. The van der Waals surface area contributed by atoms with Gasteiger partial charge in [-0.25, -0.2) is 0 Å². The molecular formula is C16H31N3O2. The Bertz CT molecular complexity index is 329.